The average Bonchev–Trinajstić information content (AvgIpc) is 2.04. The Morgan fingerprint density at radius 2 is 1.86 bits per heavy atom. The first-order valence-electron chi connectivity index (χ1n) is 3.84. The lowest BCUT2D eigenvalue weighted by Gasteiger charge is -2.09. The molecule has 0 fully saturated rings. The lowest BCUT2D eigenvalue weighted by Crippen LogP contribution is -2.08. The number of nitrogens with two attached hydrogens (primary N) is 1. The van der Waals surface area contributed by atoms with Crippen LogP contribution in [0.2, 0.25) is 0 Å². The second-order valence-corrected chi connectivity index (χ2v) is 3.94. The van der Waals surface area contributed by atoms with Crippen molar-refractivity contribution in [3.63, 3.8) is 0 Å². The van der Waals surface area contributed by atoms with Gasteiger partial charge in [-0.1, -0.05) is 0 Å². The fraction of sp³-hybridized carbons (Fsp3) is 0.250. The standard InChI is InChI=1S/C8H11NO4S/c1-5-6(2)8(4-3-7(5)9)13-14(10,11)12/h3-4H,9H2,1-2H3,(H,10,11,12). The van der Waals surface area contributed by atoms with E-state index in [1.54, 1.807) is 13.8 Å². The largest absolute Gasteiger partial charge is 0.446 e. The zero-order chi connectivity index (χ0) is 10.9. The number of nitrogen functional groups attached to an aromatic ring is 1. The van der Waals surface area contributed by atoms with Crippen molar-refractivity contribution in [2.24, 2.45) is 0 Å². The Morgan fingerprint density at radius 3 is 2.36 bits per heavy atom. The van der Waals surface area contributed by atoms with Gasteiger partial charge >= 0.3 is 10.4 Å². The number of hydrogen-bond acceptors (Lipinski definition) is 4. The Morgan fingerprint density at radius 1 is 1.29 bits per heavy atom. The summed E-state index contributed by atoms with van der Waals surface area (Å²) in [6.45, 7) is 3.40. The topological polar surface area (TPSA) is 89.6 Å². The first-order valence-corrected chi connectivity index (χ1v) is 5.20. The molecule has 0 saturated carbocycles. The molecule has 5 nitrogen and oxygen atoms in total. The summed E-state index contributed by atoms with van der Waals surface area (Å²) in [5, 5.41) is 0. The van der Waals surface area contributed by atoms with Crippen LogP contribution in [0.25, 0.3) is 0 Å². The Hall–Kier alpha value is -1.27. The summed E-state index contributed by atoms with van der Waals surface area (Å²) in [7, 11) is -4.47. The summed E-state index contributed by atoms with van der Waals surface area (Å²) in [6, 6.07) is 2.91. The SMILES string of the molecule is Cc1c(N)ccc(OS(=O)(=O)O)c1C. The fourth-order valence-corrected chi connectivity index (χ4v) is 1.43. The highest BCUT2D eigenvalue weighted by Crippen LogP contribution is 2.26. The van der Waals surface area contributed by atoms with Crippen molar-refractivity contribution in [2.45, 2.75) is 13.8 Å². The van der Waals surface area contributed by atoms with Gasteiger partial charge in [0.15, 0.2) is 0 Å². The van der Waals surface area contributed by atoms with E-state index in [1.807, 2.05) is 0 Å². The van der Waals surface area contributed by atoms with E-state index in [1.165, 1.54) is 12.1 Å². The van der Waals surface area contributed by atoms with Crippen LogP contribution in [0.4, 0.5) is 5.69 Å². The third-order valence-electron chi connectivity index (χ3n) is 1.97. The van der Waals surface area contributed by atoms with Crippen LogP contribution < -0.4 is 9.92 Å². The molecule has 0 aromatic heterocycles. The maximum Gasteiger partial charge on any atom is 0.446 e. The molecule has 0 unspecified atom stereocenters. The molecule has 0 atom stereocenters. The summed E-state index contributed by atoms with van der Waals surface area (Å²) in [5.74, 6) is 0.0826. The van der Waals surface area contributed by atoms with Crippen molar-refractivity contribution >= 4 is 16.1 Å². The molecular weight excluding hydrogens is 206 g/mol. The molecule has 0 aliphatic heterocycles. The van der Waals surface area contributed by atoms with Gasteiger partial charge in [-0.05, 0) is 37.1 Å². The number of rotatable bonds is 2. The second kappa shape index (κ2) is 3.47. The molecule has 1 aromatic carbocycles. The van der Waals surface area contributed by atoms with Crippen molar-refractivity contribution in [1.82, 2.24) is 0 Å². The lowest BCUT2D eigenvalue weighted by atomic mass is 10.1. The van der Waals surface area contributed by atoms with Crippen LogP contribution in [0.1, 0.15) is 11.1 Å². The van der Waals surface area contributed by atoms with Gasteiger partial charge in [0, 0.05) is 5.69 Å². The van der Waals surface area contributed by atoms with Gasteiger partial charge in [0.2, 0.25) is 0 Å². The summed E-state index contributed by atoms with van der Waals surface area (Å²) < 4.78 is 33.7. The molecule has 3 N–H and O–H groups in total. The van der Waals surface area contributed by atoms with Gasteiger partial charge in [-0.2, -0.15) is 8.42 Å². The van der Waals surface area contributed by atoms with E-state index in [0.29, 0.717) is 11.3 Å². The van der Waals surface area contributed by atoms with Crippen LogP contribution in [-0.2, 0) is 10.4 Å². The molecular formula is C8H11NO4S. The molecule has 0 aliphatic rings. The van der Waals surface area contributed by atoms with Gasteiger partial charge in [0.25, 0.3) is 0 Å². The van der Waals surface area contributed by atoms with Crippen molar-refractivity contribution < 1.29 is 17.2 Å². The third-order valence-corrected chi connectivity index (χ3v) is 2.36. The van der Waals surface area contributed by atoms with Crippen LogP contribution in [0.3, 0.4) is 0 Å². The van der Waals surface area contributed by atoms with Gasteiger partial charge in [-0.15, -0.1) is 0 Å². The van der Waals surface area contributed by atoms with Crippen LogP contribution in [-0.4, -0.2) is 13.0 Å². The van der Waals surface area contributed by atoms with Gasteiger partial charge in [-0.3, -0.25) is 4.55 Å². The number of benzene rings is 1. The molecule has 6 heteroatoms. The van der Waals surface area contributed by atoms with Gasteiger partial charge < -0.3 is 9.92 Å². The Bertz CT molecular complexity index is 453. The van der Waals surface area contributed by atoms with Gasteiger partial charge in [-0.25, -0.2) is 0 Å². The van der Waals surface area contributed by atoms with Crippen LogP contribution >= 0.6 is 0 Å². The summed E-state index contributed by atoms with van der Waals surface area (Å²) in [6.07, 6.45) is 0. The summed E-state index contributed by atoms with van der Waals surface area (Å²) >= 11 is 0. The maximum atomic E-state index is 10.5. The Labute approximate surface area is 82.5 Å². The van der Waals surface area contributed by atoms with E-state index in [0.717, 1.165) is 5.56 Å². The van der Waals surface area contributed by atoms with Gasteiger partial charge in [0.1, 0.15) is 5.75 Å². The highest BCUT2D eigenvalue weighted by molar-refractivity contribution is 7.81. The highest BCUT2D eigenvalue weighted by Gasteiger charge is 2.11. The smallest absolute Gasteiger partial charge is 0.399 e. The van der Waals surface area contributed by atoms with Gasteiger partial charge in [0.05, 0.1) is 0 Å². The molecule has 0 amide bonds. The molecule has 0 heterocycles. The molecule has 1 aromatic rings. The molecule has 0 spiro atoms. The highest BCUT2D eigenvalue weighted by atomic mass is 32.3. The molecule has 0 saturated heterocycles. The molecule has 0 radical (unpaired) electrons. The Balaban J connectivity index is 3.19. The zero-order valence-electron chi connectivity index (χ0n) is 7.81. The van der Waals surface area contributed by atoms with E-state index in [9.17, 15) is 8.42 Å². The summed E-state index contributed by atoms with van der Waals surface area (Å²) in [4.78, 5) is 0. The van der Waals surface area contributed by atoms with Crippen LogP contribution in [0.15, 0.2) is 12.1 Å². The lowest BCUT2D eigenvalue weighted by molar-refractivity contribution is 0.385. The quantitative estimate of drug-likeness (QED) is 0.571. The van der Waals surface area contributed by atoms with Crippen LogP contribution in [0.5, 0.6) is 5.75 Å². The maximum absolute atomic E-state index is 10.5. The minimum absolute atomic E-state index is 0.0826. The Kier molecular flexibility index (Phi) is 2.68. The second-order valence-electron chi connectivity index (χ2n) is 2.91. The molecule has 78 valence electrons. The predicted octanol–water partition coefficient (Wildman–Crippen LogP) is 1.07. The van der Waals surface area contributed by atoms with E-state index in [2.05, 4.69) is 4.18 Å². The van der Waals surface area contributed by atoms with Crippen molar-refractivity contribution in [3.8, 4) is 5.75 Å². The monoisotopic (exact) mass is 217 g/mol. The van der Waals surface area contributed by atoms with Crippen molar-refractivity contribution in [2.75, 3.05) is 5.73 Å². The van der Waals surface area contributed by atoms with E-state index in [-0.39, 0.29) is 5.75 Å². The fourth-order valence-electron chi connectivity index (χ4n) is 1.02. The average molecular weight is 217 g/mol. The third kappa shape index (κ3) is 2.36. The minimum Gasteiger partial charge on any atom is -0.399 e. The molecule has 0 bridgehead atoms. The van der Waals surface area contributed by atoms with E-state index >= 15 is 0 Å². The predicted molar refractivity (Wildman–Crippen MR) is 52.5 cm³/mol. The van der Waals surface area contributed by atoms with Crippen molar-refractivity contribution in [3.05, 3.63) is 23.3 Å². The minimum atomic E-state index is -4.47. The first kappa shape index (κ1) is 10.8. The number of hydrogen-bond donors (Lipinski definition) is 2. The normalized spacial score (nSPS) is 11.4. The summed E-state index contributed by atoms with van der Waals surface area (Å²) in [5.41, 5.74) is 7.45. The van der Waals surface area contributed by atoms with Crippen LogP contribution in [0, 0.1) is 13.8 Å². The first-order chi connectivity index (χ1) is 6.31. The zero-order valence-corrected chi connectivity index (χ0v) is 8.63. The van der Waals surface area contributed by atoms with Crippen molar-refractivity contribution in [1.29, 1.82) is 0 Å². The molecule has 14 heavy (non-hydrogen) atoms. The molecule has 1 rings (SSSR count). The van der Waals surface area contributed by atoms with E-state index in [4.69, 9.17) is 10.3 Å². The molecule has 0 aliphatic carbocycles. The number of anilines is 1. The van der Waals surface area contributed by atoms with E-state index < -0.39 is 10.4 Å².